The highest BCUT2D eigenvalue weighted by Gasteiger charge is 2.45. The lowest BCUT2D eigenvalue weighted by Crippen LogP contribution is -2.54. The van der Waals surface area contributed by atoms with E-state index in [2.05, 4.69) is 16.0 Å². The summed E-state index contributed by atoms with van der Waals surface area (Å²) in [5.74, 6) is 0.675. The van der Waals surface area contributed by atoms with Gasteiger partial charge in [-0.25, -0.2) is 0 Å². The molecule has 20 heteroatoms. The van der Waals surface area contributed by atoms with Crippen LogP contribution < -0.4 is 44.4 Å². The first-order chi connectivity index (χ1) is 39.3. The van der Waals surface area contributed by atoms with Crippen LogP contribution in [0.4, 0.5) is 0 Å². The van der Waals surface area contributed by atoms with Gasteiger partial charge in [0.05, 0.1) is 59.0 Å². The lowest BCUT2D eigenvalue weighted by atomic mass is 9.93. The summed E-state index contributed by atoms with van der Waals surface area (Å²) in [5, 5.41) is 7.93. The second-order valence-corrected chi connectivity index (χ2v) is 19.9. The monoisotopic (exact) mass is 1120 g/mol. The average molecular weight is 1120 g/mol. The number of benzene rings is 4. The number of hydrogen-bond donors (Lipinski definition) is 3. The second-order valence-electron chi connectivity index (χ2n) is 19.9. The van der Waals surface area contributed by atoms with Gasteiger partial charge in [0.15, 0.2) is 29.6 Å². The molecule has 3 unspecified atom stereocenters. The van der Waals surface area contributed by atoms with E-state index in [1.165, 1.54) is 12.5 Å². The molecule has 3 aliphatic heterocycles. The van der Waals surface area contributed by atoms with E-state index in [1.807, 2.05) is 54.3 Å². The Morgan fingerprint density at radius 1 is 0.704 bits per heavy atom. The number of aryl methyl sites for hydroxylation is 1. The maximum absolute atomic E-state index is 13.3. The Bertz CT molecular complexity index is 2790. The van der Waals surface area contributed by atoms with Crippen LogP contribution in [0.3, 0.4) is 0 Å². The zero-order valence-electron chi connectivity index (χ0n) is 47.4. The fourth-order valence-electron chi connectivity index (χ4n) is 10.3. The van der Waals surface area contributed by atoms with Crippen LogP contribution in [0.15, 0.2) is 72.8 Å². The van der Waals surface area contributed by atoms with Crippen LogP contribution in [0.2, 0.25) is 0 Å². The van der Waals surface area contributed by atoms with E-state index in [-0.39, 0.29) is 60.6 Å². The summed E-state index contributed by atoms with van der Waals surface area (Å²) in [5.41, 5.74) is 3.41. The molecule has 2 saturated heterocycles. The van der Waals surface area contributed by atoms with Gasteiger partial charge in [0.1, 0.15) is 17.9 Å². The van der Waals surface area contributed by atoms with Crippen LogP contribution in [-0.2, 0) is 46.3 Å². The standard InChI is InChI=1S/C43H50N4O11.C18H27NO4/c1-55-35-20-13-28(24-36(35)56-2)12-19-34(58-27-48)29-14-16-31(17-15-29)57-26-39(51)45-23-8-6-4-3-5-7-22-44-38(50)25-30-10-9-11-32-40(30)43(54)47(42(32)53)33-18-21-37(49)46-41(33)52;1-5-14(18(20)19-9-7-6-8-10-19)13-11-15(21-2)17(23-4)16(12-13)22-3/h9-11,13-17,20,24,27,33-34H,3-8,12,18-19,21-23,25-26H2,1-2H3,(H,44,50)(H,45,51)(H,46,49,52);11-12,14H,5-10H2,1-4H3. The average Bonchev–Trinajstić information content (AvgIpc) is 3.62. The number of nitrogens with zero attached hydrogens (tertiary/aromatic N) is 2. The number of fused-ring (bicyclic) bond motifs is 1. The van der Waals surface area contributed by atoms with Gasteiger partial charge in [-0.3, -0.25) is 48.6 Å². The van der Waals surface area contributed by atoms with Crippen LogP contribution in [0.5, 0.6) is 34.5 Å². The fourth-order valence-corrected chi connectivity index (χ4v) is 10.3. The molecule has 4 aromatic rings. The van der Waals surface area contributed by atoms with Gasteiger partial charge in [-0.05, 0) is 123 Å². The molecule has 0 radical (unpaired) electrons. The molecule has 7 amide bonds. The molecule has 3 N–H and O–H groups in total. The summed E-state index contributed by atoms with van der Waals surface area (Å²) in [6.07, 6.45) is 10.3. The quantitative estimate of drug-likeness (QED) is 0.0273. The van der Waals surface area contributed by atoms with Gasteiger partial charge in [-0.1, -0.05) is 62.9 Å². The van der Waals surface area contributed by atoms with Crippen molar-refractivity contribution in [2.75, 3.05) is 68.3 Å². The number of hydrogen-bond acceptors (Lipinski definition) is 15. The molecular formula is C61H77N5O15. The smallest absolute Gasteiger partial charge is 0.293 e. The number of methoxy groups -OCH3 is 5. The lowest BCUT2D eigenvalue weighted by Gasteiger charge is -2.30. The maximum atomic E-state index is 13.3. The summed E-state index contributed by atoms with van der Waals surface area (Å²) in [7, 11) is 7.92. The van der Waals surface area contributed by atoms with Crippen molar-refractivity contribution in [2.24, 2.45) is 0 Å². The maximum Gasteiger partial charge on any atom is 0.293 e. The number of rotatable bonds is 29. The number of carbonyl (C=O) groups excluding carboxylic acids is 8. The Hall–Kier alpha value is -8.16. The number of likely N-dealkylation sites (tertiary alicyclic amines) is 1. The van der Waals surface area contributed by atoms with Gasteiger partial charge < -0.3 is 48.7 Å². The van der Waals surface area contributed by atoms with Crippen molar-refractivity contribution in [1.82, 2.24) is 25.8 Å². The minimum atomic E-state index is -1.07. The fraction of sp³-hybridized carbons (Fsp3) is 0.475. The summed E-state index contributed by atoms with van der Waals surface area (Å²) in [6, 6.07) is 20.2. The number of nitrogens with one attached hydrogen (secondary N) is 3. The Kier molecular flexibility index (Phi) is 24.2. The number of piperidine rings is 2. The first kappa shape index (κ1) is 62.0. The number of amides is 7. The molecule has 81 heavy (non-hydrogen) atoms. The number of unbranched alkanes of at least 4 members (excludes halogenated alkanes) is 5. The molecule has 0 bridgehead atoms. The van der Waals surface area contributed by atoms with Crippen LogP contribution in [0.25, 0.3) is 0 Å². The zero-order chi connectivity index (χ0) is 58.3. The molecule has 436 valence electrons. The predicted molar refractivity (Wildman–Crippen MR) is 300 cm³/mol. The lowest BCUT2D eigenvalue weighted by molar-refractivity contribution is -0.137. The van der Waals surface area contributed by atoms with E-state index in [1.54, 1.807) is 59.8 Å². The molecule has 4 aromatic carbocycles. The first-order valence-corrected chi connectivity index (χ1v) is 27.8. The Labute approximate surface area is 473 Å². The third kappa shape index (κ3) is 16.9. The molecule has 0 aliphatic carbocycles. The molecule has 0 spiro atoms. The van der Waals surface area contributed by atoms with Crippen molar-refractivity contribution in [1.29, 1.82) is 0 Å². The highest BCUT2D eigenvalue weighted by atomic mass is 16.5. The molecule has 3 atom stereocenters. The summed E-state index contributed by atoms with van der Waals surface area (Å²) < 4.78 is 37.9. The number of carbonyl (C=O) groups is 8. The van der Waals surface area contributed by atoms with Crippen molar-refractivity contribution < 1.29 is 71.5 Å². The molecule has 2 fully saturated rings. The van der Waals surface area contributed by atoms with Crippen molar-refractivity contribution in [3.8, 4) is 34.5 Å². The Balaban J connectivity index is 0.000000382. The van der Waals surface area contributed by atoms with E-state index in [4.69, 9.17) is 33.2 Å². The van der Waals surface area contributed by atoms with Gasteiger partial charge >= 0.3 is 0 Å². The SMILES string of the molecule is CCC(C(=O)N1CCCCC1)c1cc(OC)c(OC)c(OC)c1.COc1ccc(CCC(OC=O)c2ccc(OCC(=O)NCCCCCCCCNC(=O)Cc3cccc4c3C(=O)N(C3CCC(=O)NC3=O)C4=O)cc2)cc1OC. The van der Waals surface area contributed by atoms with E-state index >= 15 is 0 Å². The summed E-state index contributed by atoms with van der Waals surface area (Å²) in [6.45, 7) is 5.08. The topological polar surface area (TPSA) is 244 Å². The van der Waals surface area contributed by atoms with Crippen LogP contribution in [-0.4, -0.2) is 132 Å². The van der Waals surface area contributed by atoms with Crippen molar-refractivity contribution >= 4 is 47.8 Å². The molecule has 7 rings (SSSR count). The van der Waals surface area contributed by atoms with Crippen LogP contribution >= 0.6 is 0 Å². The van der Waals surface area contributed by atoms with E-state index < -0.39 is 35.8 Å². The molecule has 20 nitrogen and oxygen atoms in total. The van der Waals surface area contributed by atoms with Gasteiger partial charge in [-0.15, -0.1) is 0 Å². The Morgan fingerprint density at radius 2 is 1.35 bits per heavy atom. The third-order valence-corrected chi connectivity index (χ3v) is 14.6. The molecule has 0 saturated carbocycles. The minimum Gasteiger partial charge on any atom is -0.493 e. The van der Waals surface area contributed by atoms with Gasteiger partial charge in [0.2, 0.25) is 29.4 Å². The van der Waals surface area contributed by atoms with Gasteiger partial charge in [-0.2, -0.15) is 0 Å². The molecule has 3 heterocycles. The van der Waals surface area contributed by atoms with E-state index in [9.17, 15) is 38.4 Å². The number of ether oxygens (including phenoxy) is 7. The normalized spacial score (nSPS) is 15.5. The van der Waals surface area contributed by atoms with Crippen molar-refractivity contribution in [2.45, 2.75) is 121 Å². The van der Waals surface area contributed by atoms with Crippen molar-refractivity contribution in [3.63, 3.8) is 0 Å². The van der Waals surface area contributed by atoms with E-state index in [0.717, 1.165) is 92.5 Å². The first-order valence-electron chi connectivity index (χ1n) is 27.8. The zero-order valence-corrected chi connectivity index (χ0v) is 47.4. The predicted octanol–water partition coefficient (Wildman–Crippen LogP) is 7.36. The molecule has 3 aliphatic rings. The largest absolute Gasteiger partial charge is 0.493 e. The third-order valence-electron chi connectivity index (χ3n) is 14.6. The highest BCUT2D eigenvalue weighted by molar-refractivity contribution is 6.24. The van der Waals surface area contributed by atoms with Gasteiger partial charge in [0, 0.05) is 32.6 Å². The summed E-state index contributed by atoms with van der Waals surface area (Å²) >= 11 is 0. The Morgan fingerprint density at radius 3 is 1.95 bits per heavy atom. The minimum absolute atomic E-state index is 0.0294. The second kappa shape index (κ2) is 31.6. The summed E-state index contributed by atoms with van der Waals surface area (Å²) in [4.78, 5) is 102. The van der Waals surface area contributed by atoms with Crippen molar-refractivity contribution in [3.05, 3.63) is 106 Å². The highest BCUT2D eigenvalue weighted by Crippen LogP contribution is 2.41. The van der Waals surface area contributed by atoms with E-state index in [0.29, 0.717) is 72.5 Å². The van der Waals surface area contributed by atoms with Crippen LogP contribution in [0.1, 0.15) is 145 Å². The molecular weight excluding hydrogens is 1040 g/mol. The number of imide groups is 2. The molecule has 0 aromatic heterocycles. The van der Waals surface area contributed by atoms with Crippen LogP contribution in [0, 0.1) is 0 Å². The van der Waals surface area contributed by atoms with Gasteiger partial charge in [0.25, 0.3) is 24.2 Å².